The van der Waals surface area contributed by atoms with Gasteiger partial charge < -0.3 is 15.2 Å². The maximum Gasteiger partial charge on any atom is 0.286 e. The molecule has 1 heterocycles. The Bertz CT molecular complexity index is 1030. The van der Waals surface area contributed by atoms with E-state index in [4.69, 9.17) is 26.8 Å². The number of halogens is 1. The van der Waals surface area contributed by atoms with E-state index in [1.165, 1.54) is 0 Å². The first-order valence-corrected chi connectivity index (χ1v) is 9.56. The molecule has 2 aromatic rings. The van der Waals surface area contributed by atoms with Crippen molar-refractivity contribution in [2.75, 3.05) is 6.61 Å². The van der Waals surface area contributed by atoms with Crippen molar-refractivity contribution in [3.63, 3.8) is 0 Å². The molecule has 28 heavy (non-hydrogen) atoms. The van der Waals surface area contributed by atoms with Crippen LogP contribution >= 0.6 is 23.4 Å². The van der Waals surface area contributed by atoms with Gasteiger partial charge in [0, 0.05) is 5.56 Å². The first-order chi connectivity index (χ1) is 13.5. The number of benzene rings is 2. The Hall–Kier alpha value is -2.95. The smallest absolute Gasteiger partial charge is 0.286 e. The number of carbonyl (C=O) groups is 1. The number of nitrogens with two attached hydrogens (primary N) is 1. The maximum absolute atomic E-state index is 11.8. The van der Waals surface area contributed by atoms with Crippen LogP contribution in [0.25, 0.3) is 6.08 Å². The van der Waals surface area contributed by atoms with Gasteiger partial charge in [0.05, 0.1) is 28.2 Å². The number of nitriles is 1. The van der Waals surface area contributed by atoms with Gasteiger partial charge in [-0.2, -0.15) is 10.3 Å². The molecule has 0 bridgehead atoms. The van der Waals surface area contributed by atoms with Crippen LogP contribution in [0.4, 0.5) is 0 Å². The second-order valence-corrected chi connectivity index (χ2v) is 7.16. The molecule has 1 aliphatic heterocycles. The first-order valence-electron chi connectivity index (χ1n) is 8.37. The van der Waals surface area contributed by atoms with E-state index in [0.717, 1.165) is 17.3 Å². The van der Waals surface area contributed by atoms with E-state index in [-0.39, 0.29) is 17.7 Å². The Balaban J connectivity index is 1.88. The van der Waals surface area contributed by atoms with Gasteiger partial charge in [0.2, 0.25) is 0 Å². The largest absolute Gasteiger partial charge is 0.490 e. The van der Waals surface area contributed by atoms with E-state index in [1.807, 2.05) is 19.1 Å². The van der Waals surface area contributed by atoms with Crippen LogP contribution in [-0.4, -0.2) is 17.7 Å². The number of hydrogen-bond acceptors (Lipinski definition) is 6. The minimum absolute atomic E-state index is 0.169. The van der Waals surface area contributed by atoms with Crippen LogP contribution in [0.5, 0.6) is 11.5 Å². The Morgan fingerprint density at radius 3 is 2.79 bits per heavy atom. The first kappa shape index (κ1) is 19.8. The highest BCUT2D eigenvalue weighted by Gasteiger charge is 2.20. The van der Waals surface area contributed by atoms with Crippen molar-refractivity contribution in [2.24, 2.45) is 10.7 Å². The molecular formula is C20H16ClN3O3S. The summed E-state index contributed by atoms with van der Waals surface area (Å²) in [6.07, 6.45) is 1.65. The maximum atomic E-state index is 11.8. The van der Waals surface area contributed by atoms with Crippen molar-refractivity contribution in [2.45, 2.75) is 13.5 Å². The fraction of sp³-hybridized carbons (Fsp3) is 0.150. The predicted molar refractivity (Wildman–Crippen MR) is 110 cm³/mol. The Morgan fingerprint density at radius 1 is 1.32 bits per heavy atom. The summed E-state index contributed by atoms with van der Waals surface area (Å²) in [5.74, 6) is 0.435. The fourth-order valence-corrected chi connectivity index (χ4v) is 3.51. The molecule has 0 fully saturated rings. The molecule has 2 aromatic carbocycles. The lowest BCUT2D eigenvalue weighted by atomic mass is 10.1. The number of amides is 1. The number of carbonyl (C=O) groups excluding carboxylic acids is 1. The van der Waals surface area contributed by atoms with Crippen molar-refractivity contribution in [1.29, 1.82) is 5.26 Å². The summed E-state index contributed by atoms with van der Waals surface area (Å²) in [4.78, 5) is 15.9. The van der Waals surface area contributed by atoms with Gasteiger partial charge in [0.25, 0.3) is 5.91 Å². The summed E-state index contributed by atoms with van der Waals surface area (Å²) in [5.41, 5.74) is 7.52. The molecule has 0 aliphatic carbocycles. The number of thioether (sulfide) groups is 1. The summed E-state index contributed by atoms with van der Waals surface area (Å²) in [6.45, 7) is 2.42. The summed E-state index contributed by atoms with van der Waals surface area (Å²) in [7, 11) is 0. The summed E-state index contributed by atoms with van der Waals surface area (Å²) in [6, 6.07) is 12.7. The van der Waals surface area contributed by atoms with Crippen LogP contribution in [0.2, 0.25) is 5.02 Å². The molecule has 0 saturated carbocycles. The monoisotopic (exact) mass is 413 g/mol. The zero-order valence-corrected chi connectivity index (χ0v) is 16.5. The molecule has 6 nitrogen and oxygen atoms in total. The van der Waals surface area contributed by atoms with Gasteiger partial charge in [0.1, 0.15) is 6.61 Å². The van der Waals surface area contributed by atoms with Gasteiger partial charge in [-0.15, -0.1) is 0 Å². The molecule has 0 spiro atoms. The molecule has 1 amide bonds. The topological polar surface area (TPSA) is 97.7 Å². The van der Waals surface area contributed by atoms with Crippen LogP contribution in [0, 0.1) is 11.3 Å². The summed E-state index contributed by atoms with van der Waals surface area (Å²) < 4.78 is 11.5. The third kappa shape index (κ3) is 4.47. The molecule has 3 rings (SSSR count). The molecule has 0 saturated heterocycles. The molecule has 8 heteroatoms. The number of nitrogens with zero attached hydrogens (tertiary/aromatic N) is 2. The standard InChI is InChI=1S/C20H16ClN3O3S/c1-2-26-16-8-12(9-17-19(25)24-20(23)28-17)7-15(21)18(16)27-11-14-6-4-3-5-13(14)10-22/h3-9H,2,11H2,1H3,(H2,23,24,25). The molecule has 2 N–H and O–H groups in total. The minimum Gasteiger partial charge on any atom is -0.490 e. The van der Waals surface area contributed by atoms with E-state index in [1.54, 1.807) is 30.3 Å². The highest BCUT2D eigenvalue weighted by Crippen LogP contribution is 2.39. The van der Waals surface area contributed by atoms with Gasteiger partial charge in [-0.3, -0.25) is 4.79 Å². The third-order valence-corrected chi connectivity index (χ3v) is 4.87. The normalized spacial score (nSPS) is 14.7. The lowest BCUT2D eigenvalue weighted by Crippen LogP contribution is -2.02. The highest BCUT2D eigenvalue weighted by molar-refractivity contribution is 8.18. The zero-order chi connectivity index (χ0) is 20.1. The van der Waals surface area contributed by atoms with Gasteiger partial charge >= 0.3 is 0 Å². The second kappa shape index (κ2) is 8.83. The Labute approximate surface area is 171 Å². The van der Waals surface area contributed by atoms with Crippen LogP contribution in [-0.2, 0) is 11.4 Å². The molecule has 0 radical (unpaired) electrons. The SMILES string of the molecule is CCOc1cc(C=C2SC(N)=NC2=O)cc(Cl)c1OCc1ccccc1C#N. The van der Waals surface area contributed by atoms with Gasteiger partial charge in [-0.05, 0) is 48.5 Å². The Morgan fingerprint density at radius 2 is 2.11 bits per heavy atom. The molecule has 0 unspecified atom stereocenters. The van der Waals surface area contributed by atoms with E-state index in [9.17, 15) is 10.1 Å². The van der Waals surface area contributed by atoms with Crippen molar-refractivity contribution in [3.8, 4) is 17.6 Å². The molecule has 142 valence electrons. The van der Waals surface area contributed by atoms with Crippen LogP contribution in [0.1, 0.15) is 23.6 Å². The van der Waals surface area contributed by atoms with Crippen LogP contribution in [0.3, 0.4) is 0 Å². The summed E-state index contributed by atoms with van der Waals surface area (Å²) >= 11 is 7.52. The second-order valence-electron chi connectivity index (χ2n) is 5.69. The lowest BCUT2D eigenvalue weighted by molar-refractivity contribution is -0.113. The van der Waals surface area contributed by atoms with Crippen molar-refractivity contribution in [1.82, 2.24) is 0 Å². The van der Waals surface area contributed by atoms with E-state index >= 15 is 0 Å². The third-order valence-electron chi connectivity index (χ3n) is 3.78. The van der Waals surface area contributed by atoms with E-state index in [2.05, 4.69) is 11.1 Å². The summed E-state index contributed by atoms with van der Waals surface area (Å²) in [5, 5.41) is 9.75. The van der Waals surface area contributed by atoms with E-state index in [0.29, 0.717) is 39.2 Å². The number of aliphatic imine (C=N–C) groups is 1. The van der Waals surface area contributed by atoms with E-state index < -0.39 is 0 Å². The number of hydrogen-bond donors (Lipinski definition) is 1. The lowest BCUT2D eigenvalue weighted by Gasteiger charge is -2.15. The minimum atomic E-state index is -0.384. The van der Waals surface area contributed by atoms with Crippen molar-refractivity contribution >= 4 is 40.5 Å². The number of rotatable bonds is 6. The quantitative estimate of drug-likeness (QED) is 0.715. The average molecular weight is 414 g/mol. The predicted octanol–water partition coefficient (Wildman–Crippen LogP) is 4.12. The van der Waals surface area contributed by atoms with Gasteiger partial charge in [0.15, 0.2) is 16.7 Å². The number of amidine groups is 1. The number of ether oxygens (including phenoxy) is 2. The van der Waals surface area contributed by atoms with Crippen molar-refractivity contribution in [3.05, 3.63) is 63.0 Å². The molecule has 0 atom stereocenters. The van der Waals surface area contributed by atoms with Crippen LogP contribution < -0.4 is 15.2 Å². The average Bonchev–Trinajstić information content (AvgIpc) is 2.98. The molecular weight excluding hydrogens is 398 g/mol. The molecule has 1 aliphatic rings. The Kier molecular flexibility index (Phi) is 6.24. The van der Waals surface area contributed by atoms with Gasteiger partial charge in [-0.1, -0.05) is 29.8 Å². The highest BCUT2D eigenvalue weighted by atomic mass is 35.5. The zero-order valence-electron chi connectivity index (χ0n) is 14.9. The van der Waals surface area contributed by atoms with Gasteiger partial charge in [-0.25, -0.2) is 0 Å². The molecule has 0 aromatic heterocycles. The van der Waals surface area contributed by atoms with Crippen molar-refractivity contribution < 1.29 is 14.3 Å². The van der Waals surface area contributed by atoms with Crippen LogP contribution in [0.15, 0.2) is 46.3 Å². The fourth-order valence-electron chi connectivity index (χ4n) is 2.56.